The largest absolute Gasteiger partial charge is 0.480 e. The number of rotatable bonds is 7. The van der Waals surface area contributed by atoms with Crippen molar-refractivity contribution in [3.63, 3.8) is 0 Å². The van der Waals surface area contributed by atoms with Crippen LogP contribution in [0.3, 0.4) is 0 Å². The predicted octanol–water partition coefficient (Wildman–Crippen LogP) is 4.14. The van der Waals surface area contributed by atoms with Gasteiger partial charge in [-0.3, -0.25) is 4.79 Å². The Morgan fingerprint density at radius 2 is 1.94 bits per heavy atom. The van der Waals surface area contributed by atoms with Gasteiger partial charge < -0.3 is 10.0 Å². The maximum atomic E-state index is 13.1. The molecular formula is C22H23ClN2O4S2. The molecule has 2 N–H and O–H groups in total. The first-order valence-corrected chi connectivity index (χ1v) is 12.6. The fraction of sp³-hybridized carbons (Fsp3) is 0.318. The van der Waals surface area contributed by atoms with Crippen molar-refractivity contribution >= 4 is 49.9 Å². The number of halogens is 1. The summed E-state index contributed by atoms with van der Waals surface area (Å²) in [6.07, 6.45) is 2.41. The normalized spacial score (nSPS) is 25.2. The van der Waals surface area contributed by atoms with E-state index in [4.69, 9.17) is 11.6 Å². The van der Waals surface area contributed by atoms with Gasteiger partial charge in [-0.25, -0.2) is 8.42 Å². The number of nitrogens with zero attached hydrogens (tertiary/aromatic N) is 1. The van der Waals surface area contributed by atoms with Gasteiger partial charge >= 0.3 is 5.97 Å². The quantitative estimate of drug-likeness (QED) is 0.622. The third-order valence-corrected chi connectivity index (χ3v) is 9.63. The number of carbonyl (C=O) groups is 1. The zero-order chi connectivity index (χ0) is 22.4. The summed E-state index contributed by atoms with van der Waals surface area (Å²) in [6.45, 7) is 0. The van der Waals surface area contributed by atoms with E-state index in [1.165, 1.54) is 11.8 Å². The van der Waals surface area contributed by atoms with E-state index in [0.717, 1.165) is 21.7 Å². The van der Waals surface area contributed by atoms with E-state index in [2.05, 4.69) is 4.72 Å². The van der Waals surface area contributed by atoms with Crippen LogP contribution in [-0.4, -0.2) is 43.7 Å². The van der Waals surface area contributed by atoms with Gasteiger partial charge in [-0.1, -0.05) is 41.9 Å². The Morgan fingerprint density at radius 3 is 2.58 bits per heavy atom. The zero-order valence-corrected chi connectivity index (χ0v) is 19.5. The SMILES string of the molecule is CN(C)c1cccc(C2CC2(NS(=O)(=O)C2CC=C(c3ccc(Cl)cc3)S2)C(=O)O)c1. The molecule has 2 aliphatic rings. The lowest BCUT2D eigenvalue weighted by Gasteiger charge is -2.20. The van der Waals surface area contributed by atoms with Gasteiger partial charge in [-0.2, -0.15) is 4.72 Å². The van der Waals surface area contributed by atoms with Crippen molar-refractivity contribution < 1.29 is 18.3 Å². The monoisotopic (exact) mass is 478 g/mol. The van der Waals surface area contributed by atoms with Crippen molar-refractivity contribution in [3.05, 3.63) is 70.8 Å². The van der Waals surface area contributed by atoms with E-state index < -0.39 is 32.0 Å². The minimum absolute atomic E-state index is 0.229. The van der Waals surface area contributed by atoms with Crippen LogP contribution in [0.25, 0.3) is 4.91 Å². The molecule has 6 nitrogen and oxygen atoms in total. The number of carboxylic acids is 1. The van der Waals surface area contributed by atoms with Crippen molar-refractivity contribution in [2.75, 3.05) is 19.0 Å². The molecule has 0 spiro atoms. The summed E-state index contributed by atoms with van der Waals surface area (Å²) in [5.74, 6) is -1.56. The summed E-state index contributed by atoms with van der Waals surface area (Å²) >= 11 is 7.16. The smallest absolute Gasteiger partial charge is 0.325 e. The number of hydrogen-bond acceptors (Lipinski definition) is 5. The van der Waals surface area contributed by atoms with Gasteiger partial charge in [0.05, 0.1) is 0 Å². The van der Waals surface area contributed by atoms with Crippen molar-refractivity contribution in [2.24, 2.45) is 0 Å². The number of nitrogens with one attached hydrogen (secondary N) is 1. The average Bonchev–Trinajstić information content (AvgIpc) is 3.22. The van der Waals surface area contributed by atoms with Crippen molar-refractivity contribution in [1.82, 2.24) is 4.72 Å². The average molecular weight is 479 g/mol. The van der Waals surface area contributed by atoms with Crippen LogP contribution in [0.2, 0.25) is 5.02 Å². The highest BCUT2D eigenvalue weighted by molar-refractivity contribution is 8.18. The van der Waals surface area contributed by atoms with Gasteiger partial charge in [0, 0.05) is 35.6 Å². The number of sulfonamides is 1. The lowest BCUT2D eigenvalue weighted by molar-refractivity contribution is -0.140. The molecule has 2 aromatic carbocycles. The molecule has 31 heavy (non-hydrogen) atoms. The molecule has 164 valence electrons. The van der Waals surface area contributed by atoms with Crippen molar-refractivity contribution in [2.45, 2.75) is 28.9 Å². The minimum atomic E-state index is -3.87. The third-order valence-electron chi connectivity index (χ3n) is 5.68. The first kappa shape index (κ1) is 22.2. The lowest BCUT2D eigenvalue weighted by atomic mass is 10.1. The molecule has 1 aliphatic heterocycles. The molecule has 1 saturated carbocycles. The third kappa shape index (κ3) is 4.35. The molecular weight excluding hydrogens is 456 g/mol. The Hall–Kier alpha value is -2.00. The molecule has 0 amide bonds. The maximum Gasteiger partial charge on any atom is 0.325 e. The van der Waals surface area contributed by atoms with Crippen LogP contribution in [0, 0.1) is 0 Å². The predicted molar refractivity (Wildman–Crippen MR) is 126 cm³/mol. The summed E-state index contributed by atoms with van der Waals surface area (Å²) in [6, 6.07) is 14.8. The second-order valence-electron chi connectivity index (χ2n) is 8.03. The van der Waals surface area contributed by atoms with Crippen LogP contribution >= 0.6 is 23.4 Å². The van der Waals surface area contributed by atoms with Crippen LogP contribution in [0.1, 0.15) is 29.9 Å². The molecule has 1 fully saturated rings. The minimum Gasteiger partial charge on any atom is -0.480 e. The number of allylic oxidation sites excluding steroid dienone is 1. The van der Waals surface area contributed by atoms with Gasteiger partial charge in [-0.15, -0.1) is 11.8 Å². The van der Waals surface area contributed by atoms with Crippen molar-refractivity contribution in [3.8, 4) is 0 Å². The molecule has 0 radical (unpaired) electrons. The first-order chi connectivity index (χ1) is 14.6. The Kier molecular flexibility index (Phi) is 5.85. The molecule has 0 bridgehead atoms. The number of aliphatic carboxylic acids is 1. The van der Waals surface area contributed by atoms with E-state index in [1.807, 2.05) is 61.5 Å². The number of benzene rings is 2. The first-order valence-electron chi connectivity index (χ1n) is 9.78. The molecule has 0 saturated heterocycles. The highest BCUT2D eigenvalue weighted by atomic mass is 35.5. The van der Waals surface area contributed by atoms with Gasteiger partial charge in [0.15, 0.2) is 0 Å². The Balaban J connectivity index is 1.51. The summed E-state index contributed by atoms with van der Waals surface area (Å²) in [4.78, 5) is 14.9. The molecule has 2 aromatic rings. The van der Waals surface area contributed by atoms with Crippen LogP contribution in [-0.2, 0) is 14.8 Å². The summed E-state index contributed by atoms with van der Waals surface area (Å²) < 4.78 is 28.0. The van der Waals surface area contributed by atoms with Gasteiger partial charge in [0.25, 0.3) is 0 Å². The second kappa shape index (κ2) is 8.16. The van der Waals surface area contributed by atoms with Crippen LogP contribution in [0.4, 0.5) is 5.69 Å². The van der Waals surface area contributed by atoms with Gasteiger partial charge in [0.2, 0.25) is 10.0 Å². The highest BCUT2D eigenvalue weighted by Crippen LogP contribution is 2.53. The summed E-state index contributed by atoms with van der Waals surface area (Å²) in [5, 5.41) is 10.5. The van der Waals surface area contributed by atoms with E-state index in [9.17, 15) is 18.3 Å². The van der Waals surface area contributed by atoms with E-state index in [0.29, 0.717) is 11.4 Å². The van der Waals surface area contributed by atoms with Crippen LogP contribution < -0.4 is 9.62 Å². The molecule has 3 atom stereocenters. The molecule has 1 heterocycles. The molecule has 3 unspecified atom stereocenters. The number of thioether (sulfide) groups is 1. The summed E-state index contributed by atoms with van der Waals surface area (Å²) in [7, 11) is -0.0641. The molecule has 4 rings (SSSR count). The fourth-order valence-corrected chi connectivity index (χ4v) is 7.16. The summed E-state index contributed by atoms with van der Waals surface area (Å²) in [5.41, 5.74) is 1.14. The van der Waals surface area contributed by atoms with Gasteiger partial charge in [0.1, 0.15) is 10.1 Å². The van der Waals surface area contributed by atoms with E-state index >= 15 is 0 Å². The number of carboxylic acid groups (broad SMARTS) is 1. The Morgan fingerprint density at radius 1 is 1.23 bits per heavy atom. The topological polar surface area (TPSA) is 86.7 Å². The number of anilines is 1. The van der Waals surface area contributed by atoms with E-state index in [-0.39, 0.29) is 6.42 Å². The fourth-order valence-electron chi connectivity index (χ4n) is 3.83. The maximum absolute atomic E-state index is 13.1. The molecule has 9 heteroatoms. The molecule has 0 aromatic heterocycles. The van der Waals surface area contributed by atoms with Crippen molar-refractivity contribution in [1.29, 1.82) is 0 Å². The second-order valence-corrected chi connectivity index (χ2v) is 11.9. The standard InChI is InChI=1S/C22H23ClN2O4S2/c1-25(2)17-5-3-4-15(12-17)18-13-22(18,21(26)27)24-31(28,29)20-11-10-19(30-20)14-6-8-16(23)9-7-14/h3-10,12,18,20,24H,11,13H2,1-2H3,(H,26,27). The molecule has 1 aliphatic carbocycles. The highest BCUT2D eigenvalue weighted by Gasteiger charge is 2.63. The Bertz CT molecular complexity index is 1150. The van der Waals surface area contributed by atoms with Crippen LogP contribution in [0.5, 0.6) is 0 Å². The van der Waals surface area contributed by atoms with Gasteiger partial charge in [-0.05, 0) is 48.2 Å². The number of hydrogen-bond donors (Lipinski definition) is 2. The zero-order valence-electron chi connectivity index (χ0n) is 17.1. The lowest BCUT2D eigenvalue weighted by Crippen LogP contribution is -2.47. The van der Waals surface area contributed by atoms with E-state index in [1.54, 1.807) is 12.1 Å². The van der Waals surface area contributed by atoms with Crippen LogP contribution in [0.15, 0.2) is 54.6 Å². The Labute approximate surface area is 191 Å².